The zero-order chi connectivity index (χ0) is 21.0. The van der Waals surface area contributed by atoms with Crippen molar-refractivity contribution in [3.8, 4) is 5.75 Å². The zero-order valence-corrected chi connectivity index (χ0v) is 17.8. The standard InChI is InChI=1S/C20H26N6O3S/c1-29-16-8-4-5-9-17(16)30(27,28)21-13-12-19-23-22-18-10-11-20(24-26(18)19)25-14-6-2-3-7-15-25/h4-5,8-11,21H,2-3,6-7,12-15H2,1H3. The summed E-state index contributed by atoms with van der Waals surface area (Å²) in [6, 6.07) is 10.4. The number of methoxy groups -OCH3 is 1. The Hall–Kier alpha value is -2.72. The minimum Gasteiger partial charge on any atom is -0.495 e. The van der Waals surface area contributed by atoms with Gasteiger partial charge in [-0.3, -0.25) is 0 Å². The van der Waals surface area contributed by atoms with Crippen LogP contribution in [0.15, 0.2) is 41.3 Å². The average molecular weight is 431 g/mol. The quantitative estimate of drug-likeness (QED) is 0.612. The van der Waals surface area contributed by atoms with Gasteiger partial charge >= 0.3 is 0 Å². The van der Waals surface area contributed by atoms with E-state index in [1.807, 2.05) is 12.1 Å². The molecule has 3 heterocycles. The number of sulfonamides is 1. The lowest BCUT2D eigenvalue weighted by Gasteiger charge is -2.21. The van der Waals surface area contributed by atoms with Crippen molar-refractivity contribution in [2.24, 2.45) is 0 Å². The minimum absolute atomic E-state index is 0.111. The molecule has 1 saturated heterocycles. The molecule has 0 saturated carbocycles. The van der Waals surface area contributed by atoms with Crippen molar-refractivity contribution in [2.45, 2.75) is 37.0 Å². The Morgan fingerprint density at radius 1 is 1.03 bits per heavy atom. The van der Waals surface area contributed by atoms with Crippen LogP contribution in [0.5, 0.6) is 5.75 Å². The van der Waals surface area contributed by atoms with Crippen LogP contribution in [0.3, 0.4) is 0 Å². The molecular formula is C20H26N6O3S. The maximum Gasteiger partial charge on any atom is 0.244 e. The number of para-hydroxylation sites is 1. The fraction of sp³-hybridized carbons (Fsp3) is 0.450. The van der Waals surface area contributed by atoms with Crippen LogP contribution in [0.25, 0.3) is 5.65 Å². The smallest absolute Gasteiger partial charge is 0.244 e. The Morgan fingerprint density at radius 3 is 2.57 bits per heavy atom. The van der Waals surface area contributed by atoms with Gasteiger partial charge in [0.1, 0.15) is 16.5 Å². The van der Waals surface area contributed by atoms with Gasteiger partial charge in [0.05, 0.1) is 7.11 Å². The average Bonchev–Trinajstić information content (AvgIpc) is 2.97. The monoisotopic (exact) mass is 430 g/mol. The van der Waals surface area contributed by atoms with Crippen molar-refractivity contribution in [1.82, 2.24) is 24.5 Å². The number of rotatable bonds is 7. The first-order valence-corrected chi connectivity index (χ1v) is 11.7. The lowest BCUT2D eigenvalue weighted by Crippen LogP contribution is -2.27. The van der Waals surface area contributed by atoms with E-state index < -0.39 is 10.0 Å². The molecule has 4 rings (SSSR count). The summed E-state index contributed by atoms with van der Waals surface area (Å²) in [4.78, 5) is 2.40. The van der Waals surface area contributed by atoms with E-state index in [-0.39, 0.29) is 11.4 Å². The summed E-state index contributed by atoms with van der Waals surface area (Å²) in [5.41, 5.74) is 0.649. The molecule has 0 aliphatic carbocycles. The van der Waals surface area contributed by atoms with Gasteiger partial charge in [-0.05, 0) is 37.1 Å². The molecule has 30 heavy (non-hydrogen) atoms. The third kappa shape index (κ3) is 4.39. The Labute approximate surface area is 176 Å². The van der Waals surface area contributed by atoms with Crippen molar-refractivity contribution in [1.29, 1.82) is 0 Å². The summed E-state index contributed by atoms with van der Waals surface area (Å²) in [6.07, 6.45) is 5.21. The lowest BCUT2D eigenvalue weighted by atomic mass is 10.2. The topological polar surface area (TPSA) is 102 Å². The highest BCUT2D eigenvalue weighted by Gasteiger charge is 2.19. The maximum atomic E-state index is 12.6. The number of fused-ring (bicyclic) bond motifs is 1. The Kier molecular flexibility index (Phi) is 6.14. The van der Waals surface area contributed by atoms with Crippen LogP contribution in [0.2, 0.25) is 0 Å². The fourth-order valence-corrected chi connectivity index (χ4v) is 4.86. The van der Waals surface area contributed by atoms with E-state index in [1.54, 1.807) is 22.7 Å². The number of aromatic nitrogens is 4. The summed E-state index contributed by atoms with van der Waals surface area (Å²) in [5, 5.41) is 13.1. The SMILES string of the molecule is COc1ccccc1S(=O)(=O)NCCc1nnc2ccc(N3CCCCCC3)nn12. The number of nitrogens with zero attached hydrogens (tertiary/aromatic N) is 5. The van der Waals surface area contributed by atoms with Crippen molar-refractivity contribution in [3.05, 3.63) is 42.2 Å². The molecule has 0 bridgehead atoms. The third-order valence-corrected chi connectivity index (χ3v) is 6.74. The van der Waals surface area contributed by atoms with E-state index in [1.165, 1.54) is 38.9 Å². The van der Waals surface area contributed by atoms with Crippen molar-refractivity contribution >= 4 is 21.5 Å². The number of anilines is 1. The van der Waals surface area contributed by atoms with E-state index in [4.69, 9.17) is 9.84 Å². The second kappa shape index (κ2) is 8.97. The molecule has 1 N–H and O–H groups in total. The molecule has 9 nitrogen and oxygen atoms in total. The molecule has 10 heteroatoms. The van der Waals surface area contributed by atoms with Gasteiger partial charge in [-0.15, -0.1) is 15.3 Å². The number of nitrogens with one attached hydrogen (secondary N) is 1. The Morgan fingerprint density at radius 2 is 1.80 bits per heavy atom. The molecule has 1 fully saturated rings. The van der Waals surface area contributed by atoms with Crippen LogP contribution in [0.1, 0.15) is 31.5 Å². The van der Waals surface area contributed by atoms with Crippen LogP contribution >= 0.6 is 0 Å². The van der Waals surface area contributed by atoms with Crippen molar-refractivity contribution in [2.75, 3.05) is 31.6 Å². The van der Waals surface area contributed by atoms with Gasteiger partial charge in [-0.1, -0.05) is 25.0 Å². The normalized spacial score (nSPS) is 15.3. The van der Waals surface area contributed by atoms with Gasteiger partial charge in [0.15, 0.2) is 11.5 Å². The number of benzene rings is 1. The summed E-state index contributed by atoms with van der Waals surface area (Å²) >= 11 is 0. The Balaban J connectivity index is 1.48. The maximum absolute atomic E-state index is 12.6. The molecule has 0 amide bonds. The zero-order valence-electron chi connectivity index (χ0n) is 17.0. The van der Waals surface area contributed by atoms with E-state index >= 15 is 0 Å². The summed E-state index contributed by atoms with van der Waals surface area (Å²) < 4.78 is 34.8. The van der Waals surface area contributed by atoms with Gasteiger partial charge in [-0.2, -0.15) is 4.52 Å². The van der Waals surface area contributed by atoms with E-state index in [2.05, 4.69) is 19.8 Å². The van der Waals surface area contributed by atoms with E-state index in [0.717, 1.165) is 18.9 Å². The molecule has 2 aromatic heterocycles. The highest BCUT2D eigenvalue weighted by atomic mass is 32.2. The van der Waals surface area contributed by atoms with E-state index in [9.17, 15) is 8.42 Å². The van der Waals surface area contributed by atoms with E-state index in [0.29, 0.717) is 23.6 Å². The van der Waals surface area contributed by atoms with Gasteiger partial charge in [-0.25, -0.2) is 13.1 Å². The molecule has 3 aromatic rings. The van der Waals surface area contributed by atoms with Gasteiger partial charge in [0, 0.05) is 26.1 Å². The third-order valence-electron chi connectivity index (χ3n) is 5.24. The molecule has 1 aliphatic rings. The predicted molar refractivity (Wildman–Crippen MR) is 113 cm³/mol. The van der Waals surface area contributed by atoms with Crippen LogP contribution < -0.4 is 14.4 Å². The highest BCUT2D eigenvalue weighted by molar-refractivity contribution is 7.89. The van der Waals surface area contributed by atoms with Gasteiger partial charge < -0.3 is 9.64 Å². The second-order valence-electron chi connectivity index (χ2n) is 7.28. The molecule has 1 aliphatic heterocycles. The number of hydrogen-bond donors (Lipinski definition) is 1. The molecule has 0 spiro atoms. The second-order valence-corrected chi connectivity index (χ2v) is 9.01. The molecule has 1 aromatic carbocycles. The number of hydrogen-bond acceptors (Lipinski definition) is 7. The van der Waals surface area contributed by atoms with Gasteiger partial charge in [0.2, 0.25) is 10.0 Å². The van der Waals surface area contributed by atoms with Gasteiger partial charge in [0.25, 0.3) is 0 Å². The van der Waals surface area contributed by atoms with Crippen molar-refractivity contribution in [3.63, 3.8) is 0 Å². The van der Waals surface area contributed by atoms with Crippen LogP contribution in [-0.4, -0.2) is 55.0 Å². The van der Waals surface area contributed by atoms with Crippen LogP contribution in [0.4, 0.5) is 5.82 Å². The molecular weight excluding hydrogens is 404 g/mol. The van der Waals surface area contributed by atoms with Crippen molar-refractivity contribution < 1.29 is 13.2 Å². The molecule has 0 atom stereocenters. The molecule has 160 valence electrons. The summed E-state index contributed by atoms with van der Waals surface area (Å²) in [7, 11) is -2.25. The first kappa shape index (κ1) is 20.5. The first-order chi connectivity index (χ1) is 14.6. The lowest BCUT2D eigenvalue weighted by molar-refractivity contribution is 0.402. The number of ether oxygens (including phenoxy) is 1. The minimum atomic E-state index is -3.70. The Bertz CT molecular complexity index is 1110. The molecule has 0 unspecified atom stereocenters. The highest BCUT2D eigenvalue weighted by Crippen LogP contribution is 2.22. The fourth-order valence-electron chi connectivity index (χ4n) is 3.66. The first-order valence-electron chi connectivity index (χ1n) is 10.2. The van der Waals surface area contributed by atoms with Crippen LogP contribution in [0, 0.1) is 0 Å². The summed E-state index contributed by atoms with van der Waals surface area (Å²) in [6.45, 7) is 2.17. The van der Waals surface area contributed by atoms with Crippen LogP contribution in [-0.2, 0) is 16.4 Å². The summed E-state index contributed by atoms with van der Waals surface area (Å²) in [5.74, 6) is 1.83. The largest absolute Gasteiger partial charge is 0.495 e. The predicted octanol–water partition coefficient (Wildman–Crippen LogP) is 2.03. The molecule has 0 radical (unpaired) electrons.